The van der Waals surface area contributed by atoms with Gasteiger partial charge in [-0.2, -0.15) is 0 Å². The van der Waals surface area contributed by atoms with Crippen molar-refractivity contribution in [1.82, 2.24) is 15.5 Å². The lowest BCUT2D eigenvalue weighted by Gasteiger charge is -2.36. The van der Waals surface area contributed by atoms with E-state index in [1.54, 1.807) is 24.3 Å². The van der Waals surface area contributed by atoms with Crippen LogP contribution in [0.25, 0.3) is 0 Å². The second-order valence-electron chi connectivity index (χ2n) is 8.01. The predicted molar refractivity (Wildman–Crippen MR) is 126 cm³/mol. The first-order valence-electron chi connectivity index (χ1n) is 11.0. The maximum Gasteiger partial charge on any atom is 0.319 e. The molecule has 3 rings (SSSR count). The summed E-state index contributed by atoms with van der Waals surface area (Å²) in [6.07, 6.45) is 0.237. The van der Waals surface area contributed by atoms with Crippen LogP contribution >= 0.6 is 0 Å². The van der Waals surface area contributed by atoms with Crippen molar-refractivity contribution >= 4 is 29.2 Å². The first kappa shape index (κ1) is 23.1. The van der Waals surface area contributed by atoms with Crippen molar-refractivity contribution in [3.63, 3.8) is 0 Å². The number of para-hydroxylation sites is 2. The largest absolute Gasteiger partial charge is 0.368 e. The van der Waals surface area contributed by atoms with Gasteiger partial charge in [0, 0.05) is 50.9 Å². The number of carbonyl (C=O) groups is 3. The second-order valence-corrected chi connectivity index (χ2v) is 8.01. The second kappa shape index (κ2) is 11.2. The monoisotopic (exact) mass is 437 g/mol. The minimum atomic E-state index is -0.370. The van der Waals surface area contributed by atoms with Crippen molar-refractivity contribution in [2.24, 2.45) is 0 Å². The van der Waals surface area contributed by atoms with Gasteiger partial charge >= 0.3 is 6.03 Å². The SMILES string of the molecule is CC(C)NC(=O)Nc1ccccc1C(=O)NCCC(=O)N1CCN(c2ccccc2)CC1. The maximum atomic E-state index is 12.6. The van der Waals surface area contributed by atoms with Gasteiger partial charge in [0.05, 0.1) is 11.3 Å². The van der Waals surface area contributed by atoms with Crippen LogP contribution in [0.15, 0.2) is 54.6 Å². The third-order valence-corrected chi connectivity index (χ3v) is 5.22. The van der Waals surface area contributed by atoms with Gasteiger partial charge in [0.1, 0.15) is 0 Å². The van der Waals surface area contributed by atoms with E-state index in [-0.39, 0.29) is 36.9 Å². The molecule has 1 heterocycles. The molecule has 1 aliphatic heterocycles. The Balaban J connectivity index is 1.45. The number of rotatable bonds is 7. The summed E-state index contributed by atoms with van der Waals surface area (Å²) in [5.41, 5.74) is 1.95. The van der Waals surface area contributed by atoms with Crippen molar-refractivity contribution in [3.05, 3.63) is 60.2 Å². The van der Waals surface area contributed by atoms with Crippen molar-refractivity contribution in [2.45, 2.75) is 26.3 Å². The Morgan fingerprint density at radius 1 is 0.906 bits per heavy atom. The predicted octanol–water partition coefficient (Wildman–Crippen LogP) is 2.69. The van der Waals surface area contributed by atoms with E-state index in [0.717, 1.165) is 13.1 Å². The molecule has 3 N–H and O–H groups in total. The van der Waals surface area contributed by atoms with Crippen molar-refractivity contribution in [2.75, 3.05) is 42.9 Å². The minimum Gasteiger partial charge on any atom is -0.368 e. The van der Waals surface area contributed by atoms with Crippen LogP contribution < -0.4 is 20.9 Å². The topological polar surface area (TPSA) is 93.8 Å². The molecule has 0 spiro atoms. The van der Waals surface area contributed by atoms with Gasteiger partial charge in [-0.25, -0.2) is 4.79 Å². The number of carbonyl (C=O) groups excluding carboxylic acids is 3. The van der Waals surface area contributed by atoms with Crippen LogP contribution in [-0.2, 0) is 4.79 Å². The first-order valence-corrected chi connectivity index (χ1v) is 11.0. The molecule has 0 unspecified atom stereocenters. The van der Waals surface area contributed by atoms with E-state index in [4.69, 9.17) is 0 Å². The van der Waals surface area contributed by atoms with E-state index in [1.165, 1.54) is 5.69 Å². The fraction of sp³-hybridized carbons (Fsp3) is 0.375. The highest BCUT2D eigenvalue weighted by atomic mass is 16.2. The first-order chi connectivity index (χ1) is 15.4. The van der Waals surface area contributed by atoms with Crippen LogP contribution in [0.4, 0.5) is 16.2 Å². The number of piperazine rings is 1. The Morgan fingerprint density at radius 3 is 2.25 bits per heavy atom. The Bertz CT molecular complexity index is 924. The number of anilines is 2. The van der Waals surface area contributed by atoms with Gasteiger partial charge in [-0.15, -0.1) is 0 Å². The number of nitrogens with zero attached hydrogens (tertiary/aromatic N) is 2. The molecule has 0 atom stereocenters. The molecule has 170 valence electrons. The smallest absolute Gasteiger partial charge is 0.319 e. The average Bonchev–Trinajstić information content (AvgIpc) is 2.79. The average molecular weight is 438 g/mol. The van der Waals surface area contributed by atoms with Crippen LogP contribution in [-0.4, -0.2) is 61.5 Å². The van der Waals surface area contributed by atoms with Gasteiger partial charge in [-0.1, -0.05) is 30.3 Å². The number of hydrogen-bond donors (Lipinski definition) is 3. The zero-order valence-corrected chi connectivity index (χ0v) is 18.6. The van der Waals surface area contributed by atoms with Gasteiger partial charge in [0.15, 0.2) is 0 Å². The molecular formula is C24H31N5O3. The molecule has 2 aromatic carbocycles. The third kappa shape index (κ3) is 6.47. The normalized spacial score (nSPS) is 13.6. The number of benzene rings is 2. The summed E-state index contributed by atoms with van der Waals surface area (Å²) in [6, 6.07) is 16.6. The maximum absolute atomic E-state index is 12.6. The highest BCUT2D eigenvalue weighted by Crippen LogP contribution is 2.16. The molecule has 0 radical (unpaired) electrons. The summed E-state index contributed by atoms with van der Waals surface area (Å²) in [5, 5.41) is 8.22. The zero-order valence-electron chi connectivity index (χ0n) is 18.6. The molecule has 32 heavy (non-hydrogen) atoms. The molecule has 0 aromatic heterocycles. The molecule has 4 amide bonds. The lowest BCUT2D eigenvalue weighted by Crippen LogP contribution is -2.49. The fourth-order valence-electron chi connectivity index (χ4n) is 3.60. The van der Waals surface area contributed by atoms with Crippen LogP contribution in [0.3, 0.4) is 0 Å². The Morgan fingerprint density at radius 2 is 1.56 bits per heavy atom. The highest BCUT2D eigenvalue weighted by Gasteiger charge is 2.21. The van der Waals surface area contributed by atoms with Gasteiger partial charge in [0.25, 0.3) is 5.91 Å². The van der Waals surface area contributed by atoms with Crippen molar-refractivity contribution < 1.29 is 14.4 Å². The molecule has 0 aliphatic carbocycles. The zero-order chi connectivity index (χ0) is 22.9. The van der Waals surface area contributed by atoms with E-state index in [2.05, 4.69) is 33.0 Å². The van der Waals surface area contributed by atoms with Crippen molar-refractivity contribution in [3.8, 4) is 0 Å². The summed E-state index contributed by atoms with van der Waals surface area (Å²) < 4.78 is 0. The van der Waals surface area contributed by atoms with Crippen LogP contribution in [0.5, 0.6) is 0 Å². The van der Waals surface area contributed by atoms with Gasteiger partial charge < -0.3 is 25.8 Å². The molecule has 1 saturated heterocycles. The Labute approximate surface area is 189 Å². The lowest BCUT2D eigenvalue weighted by molar-refractivity contribution is -0.131. The number of nitrogens with one attached hydrogen (secondary N) is 3. The molecule has 0 bridgehead atoms. The van der Waals surface area contributed by atoms with Gasteiger partial charge in [-0.05, 0) is 38.1 Å². The number of urea groups is 1. The molecular weight excluding hydrogens is 406 g/mol. The van der Waals surface area contributed by atoms with Crippen molar-refractivity contribution in [1.29, 1.82) is 0 Å². The fourth-order valence-corrected chi connectivity index (χ4v) is 3.60. The van der Waals surface area contributed by atoms with Crippen LogP contribution in [0.2, 0.25) is 0 Å². The molecule has 2 aromatic rings. The van der Waals surface area contributed by atoms with Gasteiger partial charge in [-0.3, -0.25) is 9.59 Å². The third-order valence-electron chi connectivity index (χ3n) is 5.22. The quantitative estimate of drug-likeness (QED) is 0.621. The lowest BCUT2D eigenvalue weighted by atomic mass is 10.1. The standard InChI is InChI=1S/C24H31N5O3/c1-18(2)26-24(32)27-21-11-7-6-10-20(21)23(31)25-13-12-22(30)29-16-14-28(15-17-29)19-8-4-3-5-9-19/h3-11,18H,12-17H2,1-2H3,(H,25,31)(H2,26,27,32). The van der Waals surface area contributed by atoms with Crippen LogP contribution in [0, 0.1) is 0 Å². The minimum absolute atomic E-state index is 0.0171. The summed E-state index contributed by atoms with van der Waals surface area (Å²) in [6.45, 7) is 6.87. The summed E-state index contributed by atoms with van der Waals surface area (Å²) >= 11 is 0. The Hall–Kier alpha value is -3.55. The number of amides is 4. The summed E-state index contributed by atoms with van der Waals surface area (Å²) in [5.74, 6) is -0.298. The molecule has 1 fully saturated rings. The Kier molecular flexibility index (Phi) is 8.08. The van der Waals surface area contributed by atoms with E-state index in [9.17, 15) is 14.4 Å². The van der Waals surface area contributed by atoms with E-state index >= 15 is 0 Å². The molecule has 8 nitrogen and oxygen atoms in total. The molecule has 1 aliphatic rings. The highest BCUT2D eigenvalue weighted by molar-refractivity contribution is 6.03. The van der Waals surface area contributed by atoms with Gasteiger partial charge in [0.2, 0.25) is 5.91 Å². The van der Waals surface area contributed by atoms with E-state index in [1.807, 2.05) is 36.9 Å². The number of hydrogen-bond acceptors (Lipinski definition) is 4. The van der Waals surface area contributed by atoms with E-state index < -0.39 is 0 Å². The molecule has 8 heteroatoms. The summed E-state index contributed by atoms with van der Waals surface area (Å²) in [7, 11) is 0. The summed E-state index contributed by atoms with van der Waals surface area (Å²) in [4.78, 5) is 41.3. The van der Waals surface area contributed by atoms with E-state index in [0.29, 0.717) is 24.3 Å². The molecule has 0 saturated carbocycles. The van der Waals surface area contributed by atoms with Crippen LogP contribution in [0.1, 0.15) is 30.6 Å².